The molecule has 0 bridgehead atoms. The summed E-state index contributed by atoms with van der Waals surface area (Å²) in [4.78, 5) is 4.07. The van der Waals surface area contributed by atoms with Crippen LogP contribution < -0.4 is 5.32 Å². The molecule has 0 saturated carbocycles. The van der Waals surface area contributed by atoms with Crippen molar-refractivity contribution in [3.05, 3.63) is 47.8 Å². The highest BCUT2D eigenvalue weighted by molar-refractivity contribution is 5.46. The zero-order valence-electron chi connectivity index (χ0n) is 9.51. The van der Waals surface area contributed by atoms with E-state index in [9.17, 15) is 5.11 Å². The fraction of sp³-hybridized carbons (Fsp3) is 0.154. The second-order valence-corrected chi connectivity index (χ2v) is 3.92. The molecule has 88 valence electrons. The standard InChI is InChI=1S/C13H14N2O2/c1-9-4-11(8-14-6-9)15-7-10-2-3-12(16)5-13(10)17/h2-6,8,15-17H,7H2,1H3. The highest BCUT2D eigenvalue weighted by Gasteiger charge is 2.02. The van der Waals surface area contributed by atoms with Gasteiger partial charge in [0, 0.05) is 30.6 Å². The van der Waals surface area contributed by atoms with Crippen molar-refractivity contribution < 1.29 is 10.2 Å². The molecule has 17 heavy (non-hydrogen) atoms. The first-order chi connectivity index (χ1) is 8.15. The van der Waals surface area contributed by atoms with Gasteiger partial charge in [-0.15, -0.1) is 0 Å². The van der Waals surface area contributed by atoms with E-state index in [1.807, 2.05) is 13.0 Å². The van der Waals surface area contributed by atoms with Crippen LogP contribution in [-0.4, -0.2) is 15.2 Å². The summed E-state index contributed by atoms with van der Waals surface area (Å²) in [5.41, 5.74) is 2.70. The molecule has 0 unspecified atom stereocenters. The molecule has 0 aliphatic carbocycles. The van der Waals surface area contributed by atoms with Gasteiger partial charge in [0.15, 0.2) is 0 Å². The van der Waals surface area contributed by atoms with E-state index in [4.69, 9.17) is 5.11 Å². The molecule has 3 N–H and O–H groups in total. The summed E-state index contributed by atoms with van der Waals surface area (Å²) in [6.07, 6.45) is 3.51. The minimum atomic E-state index is 0.0588. The molecule has 1 aromatic carbocycles. The van der Waals surface area contributed by atoms with Crippen LogP contribution in [-0.2, 0) is 6.54 Å². The Morgan fingerprint density at radius 3 is 2.71 bits per heavy atom. The van der Waals surface area contributed by atoms with E-state index in [-0.39, 0.29) is 11.5 Å². The number of hydrogen-bond acceptors (Lipinski definition) is 4. The van der Waals surface area contributed by atoms with Crippen LogP contribution in [0.25, 0.3) is 0 Å². The van der Waals surface area contributed by atoms with Crippen LogP contribution in [0.1, 0.15) is 11.1 Å². The first-order valence-corrected chi connectivity index (χ1v) is 5.31. The monoisotopic (exact) mass is 230 g/mol. The van der Waals surface area contributed by atoms with Crippen molar-refractivity contribution in [2.45, 2.75) is 13.5 Å². The fourth-order valence-corrected chi connectivity index (χ4v) is 1.55. The Kier molecular flexibility index (Phi) is 3.14. The maximum Gasteiger partial charge on any atom is 0.124 e. The van der Waals surface area contributed by atoms with Crippen LogP contribution in [0, 0.1) is 6.92 Å². The summed E-state index contributed by atoms with van der Waals surface area (Å²) >= 11 is 0. The molecule has 4 nitrogen and oxygen atoms in total. The summed E-state index contributed by atoms with van der Waals surface area (Å²) in [5.74, 6) is 0.140. The quantitative estimate of drug-likeness (QED) is 0.757. The van der Waals surface area contributed by atoms with Crippen molar-refractivity contribution in [2.24, 2.45) is 0 Å². The number of rotatable bonds is 3. The van der Waals surface area contributed by atoms with Crippen molar-refractivity contribution in [1.82, 2.24) is 4.98 Å². The zero-order valence-corrected chi connectivity index (χ0v) is 9.51. The van der Waals surface area contributed by atoms with Crippen LogP contribution in [0.5, 0.6) is 11.5 Å². The second kappa shape index (κ2) is 4.74. The lowest BCUT2D eigenvalue weighted by Gasteiger charge is -2.08. The number of benzene rings is 1. The second-order valence-electron chi connectivity index (χ2n) is 3.92. The van der Waals surface area contributed by atoms with Gasteiger partial charge in [-0.2, -0.15) is 0 Å². The Balaban J connectivity index is 2.07. The third kappa shape index (κ3) is 2.87. The average Bonchev–Trinajstić information content (AvgIpc) is 2.28. The van der Waals surface area contributed by atoms with Crippen LogP contribution in [0.3, 0.4) is 0 Å². The number of nitrogens with one attached hydrogen (secondary N) is 1. The number of aryl methyl sites for hydroxylation is 1. The maximum absolute atomic E-state index is 9.61. The lowest BCUT2D eigenvalue weighted by atomic mass is 10.2. The Hall–Kier alpha value is -2.23. The van der Waals surface area contributed by atoms with Gasteiger partial charge in [0.05, 0.1) is 5.69 Å². The third-order valence-electron chi connectivity index (χ3n) is 2.43. The molecule has 0 spiro atoms. The molecule has 2 aromatic rings. The number of aromatic nitrogens is 1. The van der Waals surface area contributed by atoms with Gasteiger partial charge in [0.1, 0.15) is 11.5 Å². The van der Waals surface area contributed by atoms with Gasteiger partial charge >= 0.3 is 0 Å². The van der Waals surface area contributed by atoms with E-state index >= 15 is 0 Å². The minimum absolute atomic E-state index is 0.0588. The van der Waals surface area contributed by atoms with Gasteiger partial charge in [0.2, 0.25) is 0 Å². The van der Waals surface area contributed by atoms with Crippen molar-refractivity contribution in [3.63, 3.8) is 0 Å². The SMILES string of the molecule is Cc1cncc(NCc2ccc(O)cc2O)c1. The maximum atomic E-state index is 9.61. The van der Waals surface area contributed by atoms with Crippen molar-refractivity contribution >= 4 is 5.69 Å². The number of nitrogens with zero attached hydrogens (tertiary/aromatic N) is 1. The van der Waals surface area contributed by atoms with E-state index in [1.165, 1.54) is 6.07 Å². The van der Waals surface area contributed by atoms with Crippen LogP contribution >= 0.6 is 0 Å². The molecule has 0 saturated heterocycles. The first kappa shape index (κ1) is 11.3. The smallest absolute Gasteiger partial charge is 0.124 e. The van der Waals surface area contributed by atoms with Gasteiger partial charge in [-0.25, -0.2) is 0 Å². The van der Waals surface area contributed by atoms with E-state index < -0.39 is 0 Å². The average molecular weight is 230 g/mol. The van der Waals surface area contributed by atoms with Crippen molar-refractivity contribution in [3.8, 4) is 11.5 Å². The Bertz CT molecular complexity index is 527. The van der Waals surface area contributed by atoms with Gasteiger partial charge < -0.3 is 15.5 Å². The molecule has 0 aliphatic heterocycles. The molecule has 1 heterocycles. The summed E-state index contributed by atoms with van der Waals surface area (Å²) in [7, 11) is 0. The Labute approximate surface area is 99.6 Å². The van der Waals surface area contributed by atoms with Crippen molar-refractivity contribution in [2.75, 3.05) is 5.32 Å². The zero-order chi connectivity index (χ0) is 12.3. The Morgan fingerprint density at radius 1 is 1.18 bits per heavy atom. The first-order valence-electron chi connectivity index (χ1n) is 5.31. The predicted octanol–water partition coefficient (Wildman–Crippen LogP) is 2.41. The highest BCUT2D eigenvalue weighted by atomic mass is 16.3. The number of phenols is 2. The van der Waals surface area contributed by atoms with Crippen molar-refractivity contribution in [1.29, 1.82) is 0 Å². The summed E-state index contributed by atoms with van der Waals surface area (Å²) in [6.45, 7) is 2.45. The molecule has 0 aliphatic rings. The topological polar surface area (TPSA) is 65.4 Å². The van der Waals surface area contributed by atoms with Gasteiger partial charge in [0.25, 0.3) is 0 Å². The molecular weight excluding hydrogens is 216 g/mol. The van der Waals surface area contributed by atoms with E-state index in [0.717, 1.165) is 16.8 Å². The lowest BCUT2D eigenvalue weighted by Crippen LogP contribution is -2.00. The van der Waals surface area contributed by atoms with Gasteiger partial charge in [-0.05, 0) is 30.7 Å². The third-order valence-corrected chi connectivity index (χ3v) is 2.43. The van der Waals surface area contributed by atoms with Crippen LogP contribution in [0.2, 0.25) is 0 Å². The lowest BCUT2D eigenvalue weighted by molar-refractivity contribution is 0.446. The fourth-order valence-electron chi connectivity index (χ4n) is 1.55. The number of hydrogen-bond donors (Lipinski definition) is 3. The number of anilines is 1. The number of phenolic OH excluding ortho intramolecular Hbond substituents is 2. The minimum Gasteiger partial charge on any atom is -0.508 e. The van der Waals surface area contributed by atoms with Gasteiger partial charge in [-0.1, -0.05) is 0 Å². The van der Waals surface area contributed by atoms with Crippen LogP contribution in [0.15, 0.2) is 36.7 Å². The molecular formula is C13H14N2O2. The normalized spacial score (nSPS) is 10.2. The molecule has 0 fully saturated rings. The molecule has 0 atom stereocenters. The number of pyridine rings is 1. The molecule has 4 heteroatoms. The molecule has 2 rings (SSSR count). The largest absolute Gasteiger partial charge is 0.508 e. The number of aromatic hydroxyl groups is 2. The summed E-state index contributed by atoms with van der Waals surface area (Å²) in [6, 6.07) is 6.53. The molecule has 1 aromatic heterocycles. The van der Waals surface area contributed by atoms with Crippen LogP contribution in [0.4, 0.5) is 5.69 Å². The predicted molar refractivity (Wildman–Crippen MR) is 66.1 cm³/mol. The Morgan fingerprint density at radius 2 is 2.00 bits per heavy atom. The molecule has 0 amide bonds. The van der Waals surface area contributed by atoms with E-state index in [2.05, 4.69) is 10.3 Å². The highest BCUT2D eigenvalue weighted by Crippen LogP contribution is 2.23. The van der Waals surface area contributed by atoms with E-state index in [1.54, 1.807) is 24.5 Å². The molecule has 0 radical (unpaired) electrons. The summed E-state index contributed by atoms with van der Waals surface area (Å²) in [5, 5.41) is 21.9. The van der Waals surface area contributed by atoms with Gasteiger partial charge in [-0.3, -0.25) is 4.98 Å². The van der Waals surface area contributed by atoms with E-state index in [0.29, 0.717) is 6.54 Å². The summed E-state index contributed by atoms with van der Waals surface area (Å²) < 4.78 is 0.